The lowest BCUT2D eigenvalue weighted by molar-refractivity contribution is -0.121. The number of sulfonamides is 1. The highest BCUT2D eigenvalue weighted by molar-refractivity contribution is 7.92. The highest BCUT2D eigenvalue weighted by Crippen LogP contribution is 2.24. The number of ether oxygens (including phenoxy) is 1. The maximum atomic E-state index is 12.3. The van der Waals surface area contributed by atoms with E-state index in [-0.39, 0.29) is 18.9 Å². The molecule has 0 bridgehead atoms. The molecule has 31 heavy (non-hydrogen) atoms. The normalized spacial score (nSPS) is 11.3. The van der Waals surface area contributed by atoms with E-state index in [2.05, 4.69) is 5.32 Å². The van der Waals surface area contributed by atoms with Gasteiger partial charge in [-0.15, -0.1) is 0 Å². The first kappa shape index (κ1) is 22.6. The Kier molecular flexibility index (Phi) is 7.52. The minimum absolute atomic E-state index is 0.125. The van der Waals surface area contributed by atoms with E-state index in [1.807, 2.05) is 67.6 Å². The van der Waals surface area contributed by atoms with Gasteiger partial charge >= 0.3 is 0 Å². The molecule has 3 rings (SSSR count). The molecule has 0 saturated heterocycles. The van der Waals surface area contributed by atoms with Crippen molar-refractivity contribution in [3.63, 3.8) is 0 Å². The molecule has 7 heteroatoms. The number of benzene rings is 3. The third-order valence-corrected chi connectivity index (χ3v) is 6.16. The number of carbonyl (C=O) groups is 1. The van der Waals surface area contributed by atoms with Crippen molar-refractivity contribution < 1.29 is 17.9 Å². The number of nitrogens with zero attached hydrogens (tertiary/aromatic N) is 1. The maximum absolute atomic E-state index is 12.3. The second kappa shape index (κ2) is 10.3. The van der Waals surface area contributed by atoms with Crippen molar-refractivity contribution in [2.45, 2.75) is 19.8 Å². The summed E-state index contributed by atoms with van der Waals surface area (Å²) in [6, 6.07) is 21.1. The highest BCUT2D eigenvalue weighted by atomic mass is 32.2. The van der Waals surface area contributed by atoms with E-state index in [1.165, 1.54) is 10.6 Å². The topological polar surface area (TPSA) is 75.7 Å². The van der Waals surface area contributed by atoms with Gasteiger partial charge in [-0.3, -0.25) is 9.10 Å². The summed E-state index contributed by atoms with van der Waals surface area (Å²) < 4.78 is 31.7. The molecular weight excluding hydrogens is 412 g/mol. The average molecular weight is 441 g/mol. The molecule has 0 unspecified atom stereocenters. The van der Waals surface area contributed by atoms with Crippen LogP contribution in [0.25, 0.3) is 10.8 Å². The summed E-state index contributed by atoms with van der Waals surface area (Å²) in [6.07, 6.45) is 1.85. The summed E-state index contributed by atoms with van der Waals surface area (Å²) in [6.45, 7) is 2.98. The summed E-state index contributed by atoms with van der Waals surface area (Å²) in [7, 11) is -3.46. The fourth-order valence-electron chi connectivity index (χ4n) is 3.36. The lowest BCUT2D eigenvalue weighted by Crippen LogP contribution is -2.32. The SMILES string of the molecule is Cc1ccccc1OCCNC(=O)CCCN(c1ccc2ccccc2c1)S(C)(=O)=O. The Labute approximate surface area is 183 Å². The number of para-hydroxylation sites is 1. The van der Waals surface area contributed by atoms with Crippen molar-refractivity contribution in [3.05, 3.63) is 72.3 Å². The molecule has 0 heterocycles. The standard InChI is InChI=1S/C24H28N2O4S/c1-19-8-3-6-11-23(19)30-17-15-25-24(27)12-7-16-26(31(2,28)29)22-14-13-20-9-4-5-10-21(20)18-22/h3-6,8-11,13-14,18H,7,12,15-17H2,1-2H3,(H,25,27). The van der Waals surface area contributed by atoms with Gasteiger partial charge in [0.1, 0.15) is 12.4 Å². The summed E-state index contributed by atoms with van der Waals surface area (Å²) in [5.41, 5.74) is 1.65. The van der Waals surface area contributed by atoms with E-state index >= 15 is 0 Å². The number of aryl methyl sites for hydroxylation is 1. The van der Waals surface area contributed by atoms with Crippen LogP contribution in [-0.2, 0) is 14.8 Å². The predicted octanol–water partition coefficient (Wildman–Crippen LogP) is 3.89. The molecule has 0 aliphatic heterocycles. The summed E-state index contributed by atoms with van der Waals surface area (Å²) >= 11 is 0. The second-order valence-corrected chi connectivity index (χ2v) is 9.34. The first-order valence-corrected chi connectivity index (χ1v) is 12.1. The third-order valence-electron chi connectivity index (χ3n) is 4.96. The van der Waals surface area contributed by atoms with E-state index in [4.69, 9.17) is 4.74 Å². The van der Waals surface area contributed by atoms with Crippen molar-refractivity contribution in [1.29, 1.82) is 0 Å². The largest absolute Gasteiger partial charge is 0.491 e. The van der Waals surface area contributed by atoms with Crippen LogP contribution >= 0.6 is 0 Å². The van der Waals surface area contributed by atoms with Crippen molar-refractivity contribution in [2.75, 3.05) is 30.3 Å². The molecular formula is C24H28N2O4S. The lowest BCUT2D eigenvalue weighted by Gasteiger charge is -2.22. The molecule has 6 nitrogen and oxygen atoms in total. The maximum Gasteiger partial charge on any atom is 0.232 e. The fraction of sp³-hybridized carbons (Fsp3) is 0.292. The molecule has 3 aromatic rings. The fourth-order valence-corrected chi connectivity index (χ4v) is 4.32. The smallest absolute Gasteiger partial charge is 0.232 e. The van der Waals surface area contributed by atoms with E-state index in [0.29, 0.717) is 25.3 Å². The Morgan fingerprint density at radius 3 is 2.45 bits per heavy atom. The summed E-state index contributed by atoms with van der Waals surface area (Å²) in [5.74, 6) is 0.677. The highest BCUT2D eigenvalue weighted by Gasteiger charge is 2.18. The van der Waals surface area contributed by atoms with Gasteiger partial charge < -0.3 is 10.1 Å². The molecule has 0 fully saturated rings. The van der Waals surface area contributed by atoms with Crippen LogP contribution in [0.1, 0.15) is 18.4 Å². The third kappa shape index (κ3) is 6.46. The van der Waals surface area contributed by atoms with Gasteiger partial charge in [-0.25, -0.2) is 8.42 Å². The van der Waals surface area contributed by atoms with Gasteiger partial charge in [0.25, 0.3) is 0 Å². The number of nitrogens with one attached hydrogen (secondary N) is 1. The Hall–Kier alpha value is -3.06. The van der Waals surface area contributed by atoms with Crippen molar-refractivity contribution in [1.82, 2.24) is 5.32 Å². The van der Waals surface area contributed by atoms with Gasteiger partial charge in [0, 0.05) is 13.0 Å². The number of fused-ring (bicyclic) bond motifs is 1. The molecule has 3 aromatic carbocycles. The number of hydrogen-bond acceptors (Lipinski definition) is 4. The van der Waals surface area contributed by atoms with Crippen LogP contribution < -0.4 is 14.4 Å². The molecule has 0 saturated carbocycles. The molecule has 1 amide bonds. The molecule has 0 radical (unpaired) electrons. The van der Waals surface area contributed by atoms with Crippen LogP contribution in [0, 0.1) is 6.92 Å². The van der Waals surface area contributed by atoms with Gasteiger partial charge in [-0.1, -0.05) is 48.5 Å². The van der Waals surface area contributed by atoms with Crippen molar-refractivity contribution in [2.24, 2.45) is 0 Å². The number of rotatable bonds is 10. The van der Waals surface area contributed by atoms with Gasteiger partial charge in [-0.05, 0) is 47.9 Å². The van der Waals surface area contributed by atoms with Gasteiger partial charge in [0.15, 0.2) is 0 Å². The number of hydrogen-bond donors (Lipinski definition) is 1. The van der Waals surface area contributed by atoms with Crippen LogP contribution in [0.4, 0.5) is 5.69 Å². The van der Waals surface area contributed by atoms with Gasteiger partial charge in [0.2, 0.25) is 15.9 Å². The van der Waals surface area contributed by atoms with Gasteiger partial charge in [0.05, 0.1) is 18.5 Å². The first-order chi connectivity index (χ1) is 14.8. The van der Waals surface area contributed by atoms with Crippen LogP contribution in [0.2, 0.25) is 0 Å². The summed E-state index contributed by atoms with van der Waals surface area (Å²) in [5, 5.41) is 4.84. The van der Waals surface area contributed by atoms with E-state index < -0.39 is 10.0 Å². The van der Waals surface area contributed by atoms with E-state index in [0.717, 1.165) is 22.1 Å². The Balaban J connectivity index is 1.49. The van der Waals surface area contributed by atoms with Crippen LogP contribution in [0.3, 0.4) is 0 Å². The number of carbonyl (C=O) groups excluding carboxylic acids is 1. The lowest BCUT2D eigenvalue weighted by atomic mass is 10.1. The zero-order chi connectivity index (χ0) is 22.3. The molecule has 164 valence electrons. The second-order valence-electron chi connectivity index (χ2n) is 7.43. The quantitative estimate of drug-likeness (QED) is 0.485. The molecule has 0 atom stereocenters. The number of anilines is 1. The number of amides is 1. The Morgan fingerprint density at radius 1 is 1.00 bits per heavy atom. The summed E-state index contributed by atoms with van der Waals surface area (Å²) in [4.78, 5) is 12.1. The van der Waals surface area contributed by atoms with Crippen LogP contribution in [-0.4, -0.2) is 40.3 Å². The average Bonchev–Trinajstić information content (AvgIpc) is 2.74. The predicted molar refractivity (Wildman–Crippen MR) is 125 cm³/mol. The van der Waals surface area contributed by atoms with Crippen LogP contribution in [0.5, 0.6) is 5.75 Å². The van der Waals surface area contributed by atoms with Crippen molar-refractivity contribution in [3.8, 4) is 5.75 Å². The van der Waals surface area contributed by atoms with Crippen LogP contribution in [0.15, 0.2) is 66.7 Å². The Bertz CT molecular complexity index is 1150. The molecule has 0 aliphatic carbocycles. The zero-order valence-corrected chi connectivity index (χ0v) is 18.7. The minimum atomic E-state index is -3.46. The Morgan fingerprint density at radius 2 is 1.71 bits per heavy atom. The van der Waals surface area contributed by atoms with Gasteiger partial charge in [-0.2, -0.15) is 0 Å². The minimum Gasteiger partial charge on any atom is -0.491 e. The first-order valence-electron chi connectivity index (χ1n) is 10.3. The van der Waals surface area contributed by atoms with E-state index in [9.17, 15) is 13.2 Å². The van der Waals surface area contributed by atoms with E-state index in [1.54, 1.807) is 6.07 Å². The molecule has 0 aliphatic rings. The zero-order valence-electron chi connectivity index (χ0n) is 17.9. The molecule has 0 aromatic heterocycles. The monoisotopic (exact) mass is 440 g/mol. The molecule has 1 N–H and O–H groups in total. The van der Waals surface area contributed by atoms with Crippen molar-refractivity contribution >= 4 is 32.4 Å². The molecule has 0 spiro atoms.